The number of rotatable bonds is 4. The molecule has 0 radical (unpaired) electrons. The van der Waals surface area contributed by atoms with Crippen LogP contribution in [0, 0.1) is 0 Å². The number of para-hydroxylation sites is 1. The van der Waals surface area contributed by atoms with Gasteiger partial charge in [0.25, 0.3) is 0 Å². The lowest BCUT2D eigenvalue weighted by atomic mass is 10.2. The third-order valence-corrected chi connectivity index (χ3v) is 7.21. The molecule has 0 unspecified atom stereocenters. The molecule has 1 aliphatic heterocycles. The minimum atomic E-state index is -3.63. The maximum Gasteiger partial charge on any atom is 0.245 e. The number of fused-ring (bicyclic) bond motifs is 1. The lowest BCUT2D eigenvalue weighted by Crippen LogP contribution is -2.49. The van der Waals surface area contributed by atoms with Crippen LogP contribution in [0.25, 0.3) is 16.7 Å². The third-order valence-electron chi connectivity index (χ3n) is 5.28. The predicted octanol–water partition coefficient (Wildman–Crippen LogP) is 2.33. The minimum Gasteiger partial charge on any atom is -0.354 e. The molecule has 0 atom stereocenters. The first-order valence-electron chi connectivity index (χ1n) is 9.67. The number of pyridine rings is 1. The Morgan fingerprint density at radius 2 is 1.53 bits per heavy atom. The maximum absolute atomic E-state index is 13.3. The zero-order valence-corrected chi connectivity index (χ0v) is 17.0. The fourth-order valence-corrected chi connectivity index (χ4v) is 5.31. The second-order valence-electron chi connectivity index (χ2n) is 7.05. The molecule has 9 heteroatoms. The van der Waals surface area contributed by atoms with Crippen LogP contribution in [0.4, 0.5) is 5.82 Å². The molecule has 5 rings (SSSR count). The number of aromatic nitrogens is 4. The van der Waals surface area contributed by atoms with Gasteiger partial charge in [0.05, 0.1) is 5.52 Å². The van der Waals surface area contributed by atoms with Crippen molar-refractivity contribution in [3.8, 4) is 5.82 Å². The van der Waals surface area contributed by atoms with E-state index in [0.29, 0.717) is 31.7 Å². The van der Waals surface area contributed by atoms with E-state index >= 15 is 0 Å². The molecule has 0 N–H and O–H groups in total. The molecule has 3 aromatic heterocycles. The van der Waals surface area contributed by atoms with Gasteiger partial charge in [-0.3, -0.25) is 4.98 Å². The Balaban J connectivity index is 1.36. The summed E-state index contributed by atoms with van der Waals surface area (Å²) in [6.07, 6.45) is 7.01. The second kappa shape index (κ2) is 7.51. The first-order chi connectivity index (χ1) is 14.6. The zero-order chi connectivity index (χ0) is 20.6. The average Bonchev–Trinajstić information content (AvgIpc) is 3.34. The third kappa shape index (κ3) is 3.31. The molecule has 1 aliphatic rings. The number of anilines is 1. The molecule has 1 aromatic carbocycles. The topological polar surface area (TPSA) is 84.2 Å². The Hall–Kier alpha value is -3.30. The van der Waals surface area contributed by atoms with Gasteiger partial charge in [-0.05, 0) is 24.3 Å². The van der Waals surface area contributed by atoms with Crippen LogP contribution in [0.3, 0.4) is 0 Å². The highest BCUT2D eigenvalue weighted by Crippen LogP contribution is 2.25. The molecule has 0 amide bonds. The van der Waals surface area contributed by atoms with Crippen molar-refractivity contribution in [2.75, 3.05) is 31.1 Å². The van der Waals surface area contributed by atoms with E-state index in [-0.39, 0.29) is 4.90 Å². The summed E-state index contributed by atoms with van der Waals surface area (Å²) >= 11 is 0. The fourth-order valence-electron chi connectivity index (χ4n) is 3.72. The van der Waals surface area contributed by atoms with E-state index in [1.807, 2.05) is 47.3 Å². The van der Waals surface area contributed by atoms with Crippen molar-refractivity contribution in [2.24, 2.45) is 0 Å². The van der Waals surface area contributed by atoms with Gasteiger partial charge in [0.15, 0.2) is 0 Å². The summed E-state index contributed by atoms with van der Waals surface area (Å²) in [5.74, 6) is 1.57. The number of piperazine rings is 1. The second-order valence-corrected chi connectivity index (χ2v) is 8.95. The van der Waals surface area contributed by atoms with Gasteiger partial charge in [0, 0.05) is 56.2 Å². The number of nitrogens with zero attached hydrogens (tertiary/aromatic N) is 6. The van der Waals surface area contributed by atoms with Crippen LogP contribution >= 0.6 is 0 Å². The van der Waals surface area contributed by atoms with Crippen LogP contribution in [0.1, 0.15) is 0 Å². The average molecular weight is 420 g/mol. The first kappa shape index (κ1) is 18.7. The summed E-state index contributed by atoms with van der Waals surface area (Å²) in [5.41, 5.74) is 0.509. The highest BCUT2D eigenvalue weighted by molar-refractivity contribution is 7.89. The van der Waals surface area contributed by atoms with Gasteiger partial charge < -0.3 is 9.47 Å². The van der Waals surface area contributed by atoms with Gasteiger partial charge in [-0.15, -0.1) is 0 Å². The van der Waals surface area contributed by atoms with Crippen molar-refractivity contribution in [3.05, 3.63) is 73.4 Å². The van der Waals surface area contributed by atoms with E-state index in [1.165, 1.54) is 10.6 Å². The van der Waals surface area contributed by atoms with E-state index in [1.54, 1.807) is 24.4 Å². The standard InChI is InChI=1S/C21H20N6O2S/c28-30(29,18-7-3-5-17-6-4-8-22-21(17)18)27-13-11-26(12-14-27)20-15-19(23-16-24-20)25-9-1-2-10-25/h1-10,15-16H,11-14H2. The fraction of sp³-hybridized carbons (Fsp3) is 0.190. The molecular weight excluding hydrogens is 400 g/mol. The summed E-state index contributed by atoms with van der Waals surface area (Å²) in [6, 6.07) is 14.7. The van der Waals surface area contributed by atoms with E-state index in [0.717, 1.165) is 17.0 Å². The molecule has 4 heterocycles. The van der Waals surface area contributed by atoms with E-state index in [4.69, 9.17) is 0 Å². The van der Waals surface area contributed by atoms with Gasteiger partial charge in [-0.1, -0.05) is 18.2 Å². The van der Waals surface area contributed by atoms with Crippen LogP contribution in [0.15, 0.2) is 78.3 Å². The molecule has 8 nitrogen and oxygen atoms in total. The Morgan fingerprint density at radius 3 is 2.33 bits per heavy atom. The monoisotopic (exact) mass is 420 g/mol. The Morgan fingerprint density at radius 1 is 0.800 bits per heavy atom. The lowest BCUT2D eigenvalue weighted by Gasteiger charge is -2.34. The van der Waals surface area contributed by atoms with Crippen molar-refractivity contribution in [1.29, 1.82) is 0 Å². The molecule has 0 spiro atoms. The summed E-state index contributed by atoms with van der Waals surface area (Å²) in [4.78, 5) is 15.3. The molecule has 4 aromatic rings. The summed E-state index contributed by atoms with van der Waals surface area (Å²) in [5, 5.41) is 0.815. The van der Waals surface area contributed by atoms with Crippen molar-refractivity contribution in [1.82, 2.24) is 23.8 Å². The van der Waals surface area contributed by atoms with E-state index < -0.39 is 10.0 Å². The maximum atomic E-state index is 13.3. The van der Waals surface area contributed by atoms with Crippen LogP contribution in [-0.4, -0.2) is 58.4 Å². The molecular formula is C21H20N6O2S. The lowest BCUT2D eigenvalue weighted by molar-refractivity contribution is 0.384. The zero-order valence-electron chi connectivity index (χ0n) is 16.2. The van der Waals surface area contributed by atoms with Gasteiger partial charge >= 0.3 is 0 Å². The van der Waals surface area contributed by atoms with Crippen molar-refractivity contribution < 1.29 is 8.42 Å². The van der Waals surface area contributed by atoms with Crippen LogP contribution < -0.4 is 4.90 Å². The largest absolute Gasteiger partial charge is 0.354 e. The minimum absolute atomic E-state index is 0.256. The van der Waals surface area contributed by atoms with Gasteiger partial charge in [0.2, 0.25) is 10.0 Å². The summed E-state index contributed by atoms with van der Waals surface area (Å²) in [6.45, 7) is 1.88. The highest BCUT2D eigenvalue weighted by Gasteiger charge is 2.30. The molecule has 1 saturated heterocycles. The molecule has 0 bridgehead atoms. The number of benzene rings is 1. The highest BCUT2D eigenvalue weighted by atomic mass is 32.2. The van der Waals surface area contributed by atoms with Crippen LogP contribution in [0.2, 0.25) is 0 Å². The Kier molecular flexibility index (Phi) is 4.68. The van der Waals surface area contributed by atoms with E-state index in [2.05, 4.69) is 19.9 Å². The first-order valence-corrected chi connectivity index (χ1v) is 11.1. The molecule has 30 heavy (non-hydrogen) atoms. The SMILES string of the molecule is O=S(=O)(c1cccc2cccnc12)N1CCN(c2cc(-n3cccc3)ncn2)CC1. The van der Waals surface area contributed by atoms with Crippen LogP contribution in [0.5, 0.6) is 0 Å². The number of hydrogen-bond acceptors (Lipinski definition) is 6. The predicted molar refractivity (Wildman–Crippen MR) is 114 cm³/mol. The normalized spacial score (nSPS) is 15.5. The Bertz CT molecular complexity index is 1280. The number of hydrogen-bond donors (Lipinski definition) is 0. The molecule has 152 valence electrons. The summed E-state index contributed by atoms with van der Waals surface area (Å²) in [7, 11) is -3.63. The Labute approximate surface area is 174 Å². The molecule has 1 fully saturated rings. The molecule has 0 aliphatic carbocycles. The van der Waals surface area contributed by atoms with Gasteiger partial charge in [-0.25, -0.2) is 18.4 Å². The van der Waals surface area contributed by atoms with Gasteiger partial charge in [0.1, 0.15) is 22.9 Å². The van der Waals surface area contributed by atoms with Crippen molar-refractivity contribution >= 4 is 26.7 Å². The van der Waals surface area contributed by atoms with Crippen LogP contribution in [-0.2, 0) is 10.0 Å². The number of sulfonamides is 1. The molecule has 0 saturated carbocycles. The van der Waals surface area contributed by atoms with E-state index in [9.17, 15) is 8.42 Å². The summed E-state index contributed by atoms with van der Waals surface area (Å²) < 4.78 is 30.0. The van der Waals surface area contributed by atoms with Crippen molar-refractivity contribution in [2.45, 2.75) is 4.90 Å². The quantitative estimate of drug-likeness (QED) is 0.504. The van der Waals surface area contributed by atoms with Crippen molar-refractivity contribution in [3.63, 3.8) is 0 Å². The smallest absolute Gasteiger partial charge is 0.245 e. The van der Waals surface area contributed by atoms with Gasteiger partial charge in [-0.2, -0.15) is 4.31 Å².